The van der Waals surface area contributed by atoms with E-state index in [0.717, 1.165) is 36.8 Å². The Labute approximate surface area is 133 Å². The number of fused-ring (bicyclic) bond motifs is 1. The summed E-state index contributed by atoms with van der Waals surface area (Å²) in [6.45, 7) is 14.4. The Balaban J connectivity index is 2.21. The molecule has 0 amide bonds. The molecule has 2 nitrogen and oxygen atoms in total. The maximum Gasteiger partial charge on any atom is 0.125 e. The van der Waals surface area contributed by atoms with E-state index in [4.69, 9.17) is 16.3 Å². The fraction of sp³-hybridized carbons (Fsp3) is 0.556. The zero-order chi connectivity index (χ0) is 15.7. The predicted molar refractivity (Wildman–Crippen MR) is 90.4 cm³/mol. The Morgan fingerprint density at radius 3 is 2.67 bits per heavy atom. The largest absolute Gasteiger partial charge is 0.493 e. The number of nitrogens with one attached hydrogen (secondary N) is 1. The summed E-state index contributed by atoms with van der Waals surface area (Å²) >= 11 is 6.25. The van der Waals surface area contributed by atoms with Crippen molar-refractivity contribution in [3.05, 3.63) is 40.9 Å². The second-order valence-electron chi connectivity index (χ2n) is 7.29. The minimum absolute atomic E-state index is 0.0301. The third-order valence-electron chi connectivity index (χ3n) is 3.93. The van der Waals surface area contributed by atoms with Gasteiger partial charge in [-0.1, -0.05) is 24.6 Å². The summed E-state index contributed by atoms with van der Waals surface area (Å²) in [6, 6.07) is 4.05. The molecular weight excluding hydrogens is 282 g/mol. The van der Waals surface area contributed by atoms with Gasteiger partial charge in [0.05, 0.1) is 6.61 Å². The summed E-state index contributed by atoms with van der Waals surface area (Å²) in [4.78, 5) is 0. The third-order valence-corrected chi connectivity index (χ3v) is 4.15. The average Bonchev–Trinajstić information content (AvgIpc) is 2.84. The van der Waals surface area contributed by atoms with E-state index in [1.165, 1.54) is 11.1 Å². The van der Waals surface area contributed by atoms with Gasteiger partial charge in [-0.2, -0.15) is 0 Å². The number of halogens is 1. The van der Waals surface area contributed by atoms with Crippen LogP contribution < -0.4 is 10.1 Å². The molecule has 0 aliphatic carbocycles. The molecule has 1 aliphatic heterocycles. The Hall–Kier alpha value is -0.990. The molecule has 1 heterocycles. The lowest BCUT2D eigenvalue weighted by molar-refractivity contribution is 0.314. The fourth-order valence-electron chi connectivity index (χ4n) is 2.59. The maximum absolute atomic E-state index is 6.25. The molecule has 1 unspecified atom stereocenters. The van der Waals surface area contributed by atoms with E-state index in [9.17, 15) is 0 Å². The number of benzene rings is 1. The summed E-state index contributed by atoms with van der Waals surface area (Å²) in [5.74, 6) is 1.03. The molecule has 0 radical (unpaired) electrons. The molecule has 0 fully saturated rings. The van der Waals surface area contributed by atoms with Crippen molar-refractivity contribution in [2.45, 2.75) is 46.1 Å². The predicted octanol–water partition coefficient (Wildman–Crippen LogP) is 4.40. The van der Waals surface area contributed by atoms with Crippen LogP contribution in [0.2, 0.25) is 5.02 Å². The normalized spacial score (nSPS) is 17.0. The molecule has 3 heteroatoms. The highest BCUT2D eigenvalue weighted by Gasteiger charge is 2.27. The first kappa shape index (κ1) is 16.4. The van der Waals surface area contributed by atoms with E-state index < -0.39 is 0 Å². The highest BCUT2D eigenvalue weighted by Crippen LogP contribution is 2.37. The van der Waals surface area contributed by atoms with Crippen molar-refractivity contribution >= 4 is 11.6 Å². The molecular formula is C18H26ClNO. The van der Waals surface area contributed by atoms with E-state index >= 15 is 0 Å². The average molecular weight is 308 g/mol. The van der Waals surface area contributed by atoms with Crippen LogP contribution in [0.4, 0.5) is 0 Å². The molecule has 0 spiro atoms. The molecule has 1 aromatic rings. The van der Waals surface area contributed by atoms with Gasteiger partial charge < -0.3 is 10.1 Å². The number of rotatable bonds is 5. The van der Waals surface area contributed by atoms with Crippen molar-refractivity contribution in [2.24, 2.45) is 5.41 Å². The van der Waals surface area contributed by atoms with Crippen LogP contribution >= 0.6 is 11.6 Å². The fourth-order valence-corrected chi connectivity index (χ4v) is 2.85. The molecule has 116 valence electrons. The van der Waals surface area contributed by atoms with Crippen LogP contribution in [0.15, 0.2) is 24.8 Å². The van der Waals surface area contributed by atoms with Crippen LogP contribution in [-0.4, -0.2) is 18.7 Å². The summed E-state index contributed by atoms with van der Waals surface area (Å²) < 4.78 is 5.81. The van der Waals surface area contributed by atoms with E-state index in [2.05, 4.69) is 39.6 Å². The molecule has 2 rings (SSSR count). The molecule has 0 bridgehead atoms. The third kappa shape index (κ3) is 4.24. The second kappa shape index (κ2) is 6.02. The minimum atomic E-state index is -0.0301. The number of hydrogen-bond acceptors (Lipinski definition) is 2. The monoisotopic (exact) mass is 307 g/mol. The van der Waals surface area contributed by atoms with Gasteiger partial charge in [0.15, 0.2) is 0 Å². The zero-order valence-corrected chi connectivity index (χ0v) is 14.3. The lowest BCUT2D eigenvalue weighted by Crippen LogP contribution is -2.43. The van der Waals surface area contributed by atoms with Gasteiger partial charge in [0.1, 0.15) is 5.75 Å². The molecule has 1 aromatic carbocycles. The lowest BCUT2D eigenvalue weighted by atomic mass is 9.82. The van der Waals surface area contributed by atoms with Crippen LogP contribution in [0, 0.1) is 5.41 Å². The van der Waals surface area contributed by atoms with Crippen LogP contribution in [-0.2, 0) is 12.8 Å². The molecule has 1 N–H and O–H groups in total. The topological polar surface area (TPSA) is 21.3 Å². The summed E-state index contributed by atoms with van der Waals surface area (Å²) in [7, 11) is 0. The Bertz CT molecular complexity index is 533. The highest BCUT2D eigenvalue weighted by molar-refractivity contribution is 6.30. The quantitative estimate of drug-likeness (QED) is 0.814. The first-order valence-corrected chi connectivity index (χ1v) is 7.93. The minimum Gasteiger partial charge on any atom is -0.493 e. The Morgan fingerprint density at radius 1 is 1.33 bits per heavy atom. The van der Waals surface area contributed by atoms with Gasteiger partial charge in [0.25, 0.3) is 0 Å². The van der Waals surface area contributed by atoms with Gasteiger partial charge >= 0.3 is 0 Å². The van der Waals surface area contributed by atoms with Crippen molar-refractivity contribution < 1.29 is 4.74 Å². The van der Waals surface area contributed by atoms with E-state index in [1.807, 2.05) is 18.2 Å². The van der Waals surface area contributed by atoms with Crippen LogP contribution in [0.3, 0.4) is 0 Å². The van der Waals surface area contributed by atoms with Crippen molar-refractivity contribution in [3.8, 4) is 5.75 Å². The number of ether oxygens (including phenoxy) is 1. The first-order chi connectivity index (χ1) is 9.72. The standard InChI is InChI=1S/C18H26ClNO/c1-6-18(5,12-20-17(2,3)4)11-14-10-15(19)9-13-7-8-21-16(13)14/h6,9-10,20H,1,7-8,11-12H2,2-5H3. The van der Waals surface area contributed by atoms with Crippen LogP contribution in [0.1, 0.15) is 38.8 Å². The lowest BCUT2D eigenvalue weighted by Gasteiger charge is -2.31. The smallest absolute Gasteiger partial charge is 0.125 e. The van der Waals surface area contributed by atoms with Crippen LogP contribution in [0.25, 0.3) is 0 Å². The zero-order valence-electron chi connectivity index (χ0n) is 13.6. The molecule has 0 saturated carbocycles. The van der Waals surface area contributed by atoms with Crippen molar-refractivity contribution in [1.29, 1.82) is 0 Å². The summed E-state index contributed by atoms with van der Waals surface area (Å²) in [5.41, 5.74) is 2.48. The first-order valence-electron chi connectivity index (χ1n) is 7.55. The molecule has 1 atom stereocenters. The van der Waals surface area contributed by atoms with Gasteiger partial charge in [-0.3, -0.25) is 0 Å². The summed E-state index contributed by atoms with van der Waals surface area (Å²) in [6.07, 6.45) is 3.87. The molecule has 1 aliphatic rings. The van der Waals surface area contributed by atoms with Crippen molar-refractivity contribution in [3.63, 3.8) is 0 Å². The van der Waals surface area contributed by atoms with Gasteiger partial charge in [-0.25, -0.2) is 0 Å². The van der Waals surface area contributed by atoms with Crippen molar-refractivity contribution in [2.75, 3.05) is 13.2 Å². The molecule has 0 aromatic heterocycles. The van der Waals surface area contributed by atoms with Crippen molar-refractivity contribution in [1.82, 2.24) is 5.32 Å². The van der Waals surface area contributed by atoms with Crippen LogP contribution in [0.5, 0.6) is 5.75 Å². The maximum atomic E-state index is 6.25. The molecule has 21 heavy (non-hydrogen) atoms. The molecule has 0 saturated heterocycles. The van der Waals surface area contributed by atoms with Gasteiger partial charge in [-0.05, 0) is 50.5 Å². The number of hydrogen-bond donors (Lipinski definition) is 1. The Morgan fingerprint density at radius 2 is 2.05 bits per heavy atom. The van der Waals surface area contributed by atoms with E-state index in [0.29, 0.717) is 0 Å². The van der Waals surface area contributed by atoms with Gasteiger partial charge in [-0.15, -0.1) is 6.58 Å². The second-order valence-corrected chi connectivity index (χ2v) is 7.73. The van der Waals surface area contributed by atoms with E-state index in [1.54, 1.807) is 0 Å². The van der Waals surface area contributed by atoms with Gasteiger partial charge in [0.2, 0.25) is 0 Å². The van der Waals surface area contributed by atoms with E-state index in [-0.39, 0.29) is 11.0 Å². The SMILES string of the molecule is C=CC(C)(CNC(C)(C)C)Cc1cc(Cl)cc2c1OCC2. The Kier molecular flexibility index (Phi) is 4.69. The summed E-state index contributed by atoms with van der Waals surface area (Å²) in [5, 5.41) is 4.37. The van der Waals surface area contributed by atoms with Gasteiger partial charge in [0, 0.05) is 28.9 Å². The highest BCUT2D eigenvalue weighted by atomic mass is 35.5.